The van der Waals surface area contributed by atoms with Crippen molar-refractivity contribution < 1.29 is 4.74 Å². The van der Waals surface area contributed by atoms with Gasteiger partial charge in [-0.1, -0.05) is 11.6 Å². The van der Waals surface area contributed by atoms with Crippen molar-refractivity contribution in [2.24, 2.45) is 0 Å². The van der Waals surface area contributed by atoms with Crippen LogP contribution in [0.1, 0.15) is 26.2 Å². The lowest BCUT2D eigenvalue weighted by atomic mass is 10.1. The molecule has 0 N–H and O–H groups in total. The molecular weight excluding hydrogens is 162 g/mol. The van der Waals surface area contributed by atoms with Crippen LogP contribution in [-0.4, -0.2) is 37.2 Å². The molecule has 0 saturated carbocycles. The van der Waals surface area contributed by atoms with Crippen LogP contribution in [0, 0.1) is 0 Å². The summed E-state index contributed by atoms with van der Waals surface area (Å²) in [5.74, 6) is 0. The van der Waals surface area contributed by atoms with Crippen LogP contribution in [0.2, 0.25) is 0 Å². The molecule has 1 saturated heterocycles. The number of nitrogens with zero attached hydrogens (tertiary/aromatic N) is 1. The van der Waals surface area contributed by atoms with Crippen molar-refractivity contribution >= 4 is 0 Å². The van der Waals surface area contributed by atoms with Gasteiger partial charge in [-0.25, -0.2) is 0 Å². The Balaban J connectivity index is 1.78. The Labute approximate surface area is 80.6 Å². The van der Waals surface area contributed by atoms with E-state index in [1.54, 1.807) is 0 Å². The normalized spacial score (nSPS) is 30.5. The molecule has 2 aliphatic heterocycles. The third-order valence-electron chi connectivity index (χ3n) is 2.90. The molecule has 1 fully saturated rings. The SMILES string of the molecule is CC1=CCCN(C[C@H]2CCCO2)C1. The molecule has 2 nitrogen and oxygen atoms in total. The summed E-state index contributed by atoms with van der Waals surface area (Å²) in [6.07, 6.45) is 6.61. The third kappa shape index (κ3) is 2.55. The molecule has 0 aromatic rings. The predicted octanol–water partition coefficient (Wildman–Crippen LogP) is 1.82. The molecular formula is C11H19NO. The van der Waals surface area contributed by atoms with Gasteiger partial charge >= 0.3 is 0 Å². The highest BCUT2D eigenvalue weighted by atomic mass is 16.5. The second kappa shape index (κ2) is 4.25. The molecule has 0 aromatic heterocycles. The summed E-state index contributed by atoms with van der Waals surface area (Å²) in [7, 11) is 0. The summed E-state index contributed by atoms with van der Waals surface area (Å²) in [5.41, 5.74) is 1.52. The molecule has 2 rings (SSSR count). The monoisotopic (exact) mass is 181 g/mol. The van der Waals surface area contributed by atoms with E-state index < -0.39 is 0 Å². The molecule has 1 atom stereocenters. The molecule has 0 unspecified atom stereocenters. The van der Waals surface area contributed by atoms with Crippen LogP contribution < -0.4 is 0 Å². The fourth-order valence-corrected chi connectivity index (χ4v) is 2.22. The third-order valence-corrected chi connectivity index (χ3v) is 2.90. The minimum Gasteiger partial charge on any atom is -0.377 e. The van der Waals surface area contributed by atoms with Crippen molar-refractivity contribution in [3.05, 3.63) is 11.6 Å². The smallest absolute Gasteiger partial charge is 0.0702 e. The molecule has 2 heteroatoms. The fourth-order valence-electron chi connectivity index (χ4n) is 2.22. The summed E-state index contributed by atoms with van der Waals surface area (Å²) >= 11 is 0. The highest BCUT2D eigenvalue weighted by Gasteiger charge is 2.19. The van der Waals surface area contributed by atoms with Crippen LogP contribution in [0.4, 0.5) is 0 Å². The summed E-state index contributed by atoms with van der Waals surface area (Å²) < 4.78 is 5.63. The largest absolute Gasteiger partial charge is 0.377 e. The zero-order valence-corrected chi connectivity index (χ0v) is 8.46. The van der Waals surface area contributed by atoms with Crippen LogP contribution in [0.3, 0.4) is 0 Å². The van der Waals surface area contributed by atoms with E-state index in [1.807, 2.05) is 0 Å². The van der Waals surface area contributed by atoms with Crippen LogP contribution in [0.25, 0.3) is 0 Å². The van der Waals surface area contributed by atoms with Crippen molar-refractivity contribution in [3.63, 3.8) is 0 Å². The van der Waals surface area contributed by atoms with E-state index in [2.05, 4.69) is 17.9 Å². The van der Waals surface area contributed by atoms with E-state index in [4.69, 9.17) is 4.74 Å². The second-order valence-corrected chi connectivity index (χ2v) is 4.21. The van der Waals surface area contributed by atoms with E-state index in [0.29, 0.717) is 6.10 Å². The van der Waals surface area contributed by atoms with Gasteiger partial charge in [0.2, 0.25) is 0 Å². The molecule has 13 heavy (non-hydrogen) atoms. The first-order chi connectivity index (χ1) is 6.34. The number of hydrogen-bond donors (Lipinski definition) is 0. The Bertz CT molecular complexity index is 194. The first-order valence-electron chi connectivity index (χ1n) is 5.34. The standard InChI is InChI=1S/C11H19NO/c1-10-4-2-6-12(8-10)9-11-5-3-7-13-11/h4,11H,2-3,5-9H2,1H3/t11-/m1/s1. The van der Waals surface area contributed by atoms with Gasteiger partial charge in [0.1, 0.15) is 0 Å². The first kappa shape index (κ1) is 9.22. The van der Waals surface area contributed by atoms with Crippen molar-refractivity contribution in [2.75, 3.05) is 26.2 Å². The Kier molecular flexibility index (Phi) is 3.01. The van der Waals surface area contributed by atoms with Crippen LogP contribution in [-0.2, 0) is 4.74 Å². The van der Waals surface area contributed by atoms with E-state index in [9.17, 15) is 0 Å². The van der Waals surface area contributed by atoms with Crippen molar-refractivity contribution in [1.82, 2.24) is 4.90 Å². The summed E-state index contributed by atoms with van der Waals surface area (Å²) in [6, 6.07) is 0. The van der Waals surface area contributed by atoms with E-state index in [0.717, 1.165) is 19.7 Å². The van der Waals surface area contributed by atoms with Crippen LogP contribution in [0.5, 0.6) is 0 Å². The van der Waals surface area contributed by atoms with Gasteiger partial charge in [-0.05, 0) is 26.2 Å². The van der Waals surface area contributed by atoms with E-state index >= 15 is 0 Å². The lowest BCUT2D eigenvalue weighted by Gasteiger charge is -2.28. The maximum absolute atomic E-state index is 5.63. The highest BCUT2D eigenvalue weighted by molar-refractivity contribution is 5.04. The minimum atomic E-state index is 0.519. The Morgan fingerprint density at radius 3 is 3.23 bits per heavy atom. The number of hydrogen-bond acceptors (Lipinski definition) is 2. The molecule has 2 aliphatic rings. The molecule has 0 bridgehead atoms. The summed E-state index contributed by atoms with van der Waals surface area (Å²) in [4.78, 5) is 2.52. The van der Waals surface area contributed by atoms with Gasteiger partial charge in [0.25, 0.3) is 0 Å². The van der Waals surface area contributed by atoms with Gasteiger partial charge in [0.15, 0.2) is 0 Å². The van der Waals surface area contributed by atoms with Gasteiger partial charge in [-0.15, -0.1) is 0 Å². The van der Waals surface area contributed by atoms with E-state index in [-0.39, 0.29) is 0 Å². The van der Waals surface area contributed by atoms with Gasteiger partial charge in [0.05, 0.1) is 6.10 Å². The van der Waals surface area contributed by atoms with E-state index in [1.165, 1.54) is 31.4 Å². The lowest BCUT2D eigenvalue weighted by molar-refractivity contribution is 0.0753. The molecule has 0 radical (unpaired) electrons. The average molecular weight is 181 g/mol. The lowest BCUT2D eigenvalue weighted by Crippen LogP contribution is -2.35. The molecule has 0 amide bonds. The minimum absolute atomic E-state index is 0.519. The van der Waals surface area contributed by atoms with Gasteiger partial charge < -0.3 is 4.74 Å². The molecule has 0 spiro atoms. The number of ether oxygens (including phenoxy) is 1. The van der Waals surface area contributed by atoms with Crippen molar-refractivity contribution in [1.29, 1.82) is 0 Å². The highest BCUT2D eigenvalue weighted by Crippen LogP contribution is 2.16. The molecule has 0 aromatic carbocycles. The molecule has 74 valence electrons. The first-order valence-corrected chi connectivity index (χ1v) is 5.34. The van der Waals surface area contributed by atoms with Crippen molar-refractivity contribution in [3.8, 4) is 0 Å². The summed E-state index contributed by atoms with van der Waals surface area (Å²) in [5, 5.41) is 0. The maximum atomic E-state index is 5.63. The molecule has 2 heterocycles. The van der Waals surface area contributed by atoms with Crippen molar-refractivity contribution in [2.45, 2.75) is 32.3 Å². The zero-order chi connectivity index (χ0) is 9.10. The summed E-state index contributed by atoms with van der Waals surface area (Å²) in [6.45, 7) is 6.72. The zero-order valence-electron chi connectivity index (χ0n) is 8.46. The predicted molar refractivity (Wildman–Crippen MR) is 53.8 cm³/mol. The van der Waals surface area contributed by atoms with Gasteiger partial charge in [0, 0.05) is 26.2 Å². The van der Waals surface area contributed by atoms with Crippen LogP contribution in [0.15, 0.2) is 11.6 Å². The van der Waals surface area contributed by atoms with Gasteiger partial charge in [-0.3, -0.25) is 4.90 Å². The topological polar surface area (TPSA) is 12.5 Å². The quantitative estimate of drug-likeness (QED) is 0.602. The number of rotatable bonds is 2. The molecule has 0 aliphatic carbocycles. The maximum Gasteiger partial charge on any atom is 0.0702 e. The van der Waals surface area contributed by atoms with Gasteiger partial charge in [-0.2, -0.15) is 0 Å². The fraction of sp³-hybridized carbons (Fsp3) is 0.818. The Morgan fingerprint density at radius 2 is 2.54 bits per heavy atom. The Hall–Kier alpha value is -0.340. The van der Waals surface area contributed by atoms with Crippen LogP contribution >= 0.6 is 0 Å². The average Bonchev–Trinajstić information content (AvgIpc) is 2.57. The second-order valence-electron chi connectivity index (χ2n) is 4.21. The Morgan fingerprint density at radius 1 is 1.62 bits per heavy atom.